The van der Waals surface area contributed by atoms with Gasteiger partial charge >= 0.3 is 17.9 Å². The first-order valence-corrected chi connectivity index (χ1v) is 14.6. The summed E-state index contributed by atoms with van der Waals surface area (Å²) in [6, 6.07) is 0. The summed E-state index contributed by atoms with van der Waals surface area (Å²) >= 11 is 0. The molecule has 2 N–H and O–H groups in total. The van der Waals surface area contributed by atoms with Crippen LogP contribution in [-0.4, -0.2) is 63.9 Å². The molecule has 4 aliphatic rings. The molecule has 0 bridgehead atoms. The highest BCUT2D eigenvalue weighted by atomic mass is 16.6. The molecule has 0 saturated heterocycles. The zero-order valence-corrected chi connectivity index (χ0v) is 25.4. The molecule has 9 atom stereocenters. The van der Waals surface area contributed by atoms with Gasteiger partial charge in [-0.15, -0.1) is 0 Å². The lowest BCUT2D eigenvalue weighted by atomic mass is 9.60. The molecule has 0 aromatic heterocycles. The van der Waals surface area contributed by atoms with Crippen LogP contribution < -0.4 is 0 Å². The van der Waals surface area contributed by atoms with Crippen LogP contribution in [0, 0.1) is 35.0 Å². The number of ketones is 1. The van der Waals surface area contributed by atoms with E-state index in [0.29, 0.717) is 23.1 Å². The summed E-state index contributed by atoms with van der Waals surface area (Å²) in [5.41, 5.74) is -4.13. The molecule has 4 aliphatic carbocycles. The van der Waals surface area contributed by atoms with Gasteiger partial charge in [0.2, 0.25) is 0 Å². The zero-order chi connectivity index (χ0) is 30.7. The SMILES string of the molecule is C/C=C(/C)C(=O)OC[C@]1(C)[C@H]2[C@@H]3C=C(COC(C)=O)C[C@]4(O)C(=O)C(C)=C[C@H]4[C@@]3(O)[C@H](C)C[C@]21OC(=O)C(C)CC. The normalized spacial score (nSPS) is 40.1. The number of hydrogen-bond donors (Lipinski definition) is 2. The molecule has 0 heterocycles. The van der Waals surface area contributed by atoms with Crippen LogP contribution in [0.3, 0.4) is 0 Å². The van der Waals surface area contributed by atoms with Gasteiger partial charge in [0.25, 0.3) is 0 Å². The molecule has 0 aromatic carbocycles. The molecule has 0 spiro atoms. The number of esters is 3. The van der Waals surface area contributed by atoms with Crippen molar-refractivity contribution < 1.29 is 43.6 Å². The van der Waals surface area contributed by atoms with Gasteiger partial charge in [0.05, 0.1) is 11.5 Å². The standard InChI is InChI=1S/C32H44O9/c1-9-17(3)27(35)40-16-29(8)25-23-12-22(15-39-21(7)33)14-30(37)24(11-19(5)26(30)34)32(23,38)20(6)13-31(25,29)41-28(36)18(4)10-2/h9,11-12,18,20,23-25,37-38H,10,13-16H2,1-8H3/b17-9-/t18?,20-,23+,24-,25-,29-,30-,31+,32-/m1/s1. The maximum Gasteiger partial charge on any atom is 0.333 e. The van der Waals surface area contributed by atoms with E-state index < -0.39 is 63.6 Å². The quantitative estimate of drug-likeness (QED) is 0.193. The fourth-order valence-electron chi connectivity index (χ4n) is 7.70. The van der Waals surface area contributed by atoms with Crippen LogP contribution in [0.25, 0.3) is 0 Å². The second-order valence-corrected chi connectivity index (χ2v) is 12.9. The predicted molar refractivity (Wildman–Crippen MR) is 149 cm³/mol. The average Bonchev–Trinajstić information content (AvgIpc) is 3.37. The topological polar surface area (TPSA) is 136 Å². The molecule has 0 aromatic rings. The summed E-state index contributed by atoms with van der Waals surface area (Å²) < 4.78 is 17.4. The molecule has 9 heteroatoms. The van der Waals surface area contributed by atoms with E-state index in [1.165, 1.54) is 6.92 Å². The second kappa shape index (κ2) is 10.5. The van der Waals surface area contributed by atoms with Gasteiger partial charge in [-0.1, -0.05) is 45.9 Å². The molecule has 2 saturated carbocycles. The third-order valence-corrected chi connectivity index (χ3v) is 10.5. The lowest BCUT2D eigenvalue weighted by molar-refractivity contribution is -0.189. The van der Waals surface area contributed by atoms with Gasteiger partial charge in [-0.05, 0) is 50.7 Å². The molecule has 0 amide bonds. The smallest absolute Gasteiger partial charge is 0.333 e. The molecule has 1 unspecified atom stereocenters. The zero-order valence-electron chi connectivity index (χ0n) is 25.4. The van der Waals surface area contributed by atoms with E-state index in [-0.39, 0.29) is 37.9 Å². The van der Waals surface area contributed by atoms with Gasteiger partial charge in [0.1, 0.15) is 24.4 Å². The van der Waals surface area contributed by atoms with Gasteiger partial charge in [0.15, 0.2) is 5.78 Å². The Morgan fingerprint density at radius 3 is 2.41 bits per heavy atom. The van der Waals surface area contributed by atoms with E-state index in [9.17, 15) is 29.4 Å². The van der Waals surface area contributed by atoms with E-state index in [1.807, 2.05) is 20.8 Å². The lowest BCUT2D eigenvalue weighted by Crippen LogP contribution is -2.61. The Hall–Kier alpha value is -2.78. The van der Waals surface area contributed by atoms with Crippen molar-refractivity contribution >= 4 is 23.7 Å². The molecular weight excluding hydrogens is 528 g/mol. The van der Waals surface area contributed by atoms with E-state index in [4.69, 9.17) is 14.2 Å². The highest BCUT2D eigenvalue weighted by Crippen LogP contribution is 2.77. The van der Waals surface area contributed by atoms with Crippen molar-refractivity contribution in [2.45, 2.75) is 91.5 Å². The maximum atomic E-state index is 13.3. The van der Waals surface area contributed by atoms with E-state index in [1.54, 1.807) is 45.9 Å². The number of ether oxygens (including phenoxy) is 3. The van der Waals surface area contributed by atoms with Gasteiger partial charge < -0.3 is 24.4 Å². The molecule has 0 radical (unpaired) electrons. The summed E-state index contributed by atoms with van der Waals surface area (Å²) in [7, 11) is 0. The van der Waals surface area contributed by atoms with Crippen LogP contribution in [-0.2, 0) is 33.4 Å². The van der Waals surface area contributed by atoms with Crippen molar-refractivity contribution in [1.29, 1.82) is 0 Å². The molecular formula is C32H44O9. The van der Waals surface area contributed by atoms with Crippen molar-refractivity contribution in [2.24, 2.45) is 35.0 Å². The molecule has 4 rings (SSSR count). The van der Waals surface area contributed by atoms with Crippen molar-refractivity contribution in [2.75, 3.05) is 13.2 Å². The molecule has 41 heavy (non-hydrogen) atoms. The van der Waals surface area contributed by atoms with Gasteiger partial charge in [0, 0.05) is 42.1 Å². The predicted octanol–water partition coefficient (Wildman–Crippen LogP) is 3.62. The third kappa shape index (κ3) is 4.60. The van der Waals surface area contributed by atoms with Crippen LogP contribution in [0.2, 0.25) is 0 Å². The summed E-state index contributed by atoms with van der Waals surface area (Å²) in [5.74, 6) is -4.85. The van der Waals surface area contributed by atoms with Crippen LogP contribution in [0.4, 0.5) is 0 Å². The first kappa shape index (κ1) is 31.2. The Balaban J connectivity index is 1.86. The van der Waals surface area contributed by atoms with E-state index in [2.05, 4.69) is 0 Å². The minimum atomic E-state index is -1.91. The number of hydrogen-bond acceptors (Lipinski definition) is 9. The number of Topliss-reactive ketones (excluding diaryl/α,β-unsaturated/α-hetero) is 1. The van der Waals surface area contributed by atoms with Crippen molar-refractivity contribution in [3.63, 3.8) is 0 Å². The third-order valence-electron chi connectivity index (χ3n) is 10.5. The average molecular weight is 573 g/mol. The van der Waals surface area contributed by atoms with Gasteiger partial charge in [-0.25, -0.2) is 4.79 Å². The minimum Gasteiger partial charge on any atom is -0.462 e. The second-order valence-electron chi connectivity index (χ2n) is 12.9. The molecule has 226 valence electrons. The fraction of sp³-hybridized carbons (Fsp3) is 0.688. The number of allylic oxidation sites excluding steroid dienone is 1. The first-order chi connectivity index (χ1) is 19.0. The van der Waals surface area contributed by atoms with Crippen molar-refractivity contribution in [1.82, 2.24) is 0 Å². The van der Waals surface area contributed by atoms with Crippen LogP contribution in [0.5, 0.6) is 0 Å². The van der Waals surface area contributed by atoms with E-state index >= 15 is 0 Å². The Bertz CT molecular complexity index is 1250. The van der Waals surface area contributed by atoms with Crippen LogP contribution in [0.1, 0.15) is 74.7 Å². The Labute approximate surface area is 242 Å². The summed E-state index contributed by atoms with van der Waals surface area (Å²) in [4.78, 5) is 51.0. The summed E-state index contributed by atoms with van der Waals surface area (Å²) in [5, 5.41) is 24.6. The summed E-state index contributed by atoms with van der Waals surface area (Å²) in [6.07, 6.45) is 5.84. The minimum absolute atomic E-state index is 0.0510. The number of fused-ring (bicyclic) bond motifs is 5. The van der Waals surface area contributed by atoms with Crippen LogP contribution >= 0.6 is 0 Å². The van der Waals surface area contributed by atoms with Crippen molar-refractivity contribution in [3.8, 4) is 0 Å². The van der Waals surface area contributed by atoms with Gasteiger partial charge in [-0.3, -0.25) is 14.4 Å². The fourth-order valence-corrected chi connectivity index (χ4v) is 7.70. The maximum absolute atomic E-state index is 13.3. The molecule has 0 aliphatic heterocycles. The first-order valence-electron chi connectivity index (χ1n) is 14.6. The summed E-state index contributed by atoms with van der Waals surface area (Å²) in [6.45, 7) is 13.5. The Morgan fingerprint density at radius 1 is 1.17 bits per heavy atom. The lowest BCUT2D eigenvalue weighted by Gasteiger charge is -2.50. The number of rotatable bonds is 8. The molecule has 2 fully saturated rings. The Morgan fingerprint density at radius 2 is 1.83 bits per heavy atom. The molecule has 9 nitrogen and oxygen atoms in total. The number of carbonyl (C=O) groups excluding carboxylic acids is 4. The highest BCUT2D eigenvalue weighted by Gasteiger charge is 2.85. The monoisotopic (exact) mass is 572 g/mol. The Kier molecular flexibility index (Phi) is 7.97. The van der Waals surface area contributed by atoms with Gasteiger partial charge in [-0.2, -0.15) is 0 Å². The van der Waals surface area contributed by atoms with E-state index in [0.717, 1.165) is 0 Å². The largest absolute Gasteiger partial charge is 0.462 e. The number of carbonyl (C=O) groups is 4. The highest BCUT2D eigenvalue weighted by molar-refractivity contribution is 6.04. The van der Waals surface area contributed by atoms with Crippen molar-refractivity contribution in [3.05, 3.63) is 34.9 Å². The number of aliphatic hydroxyl groups is 2. The van der Waals surface area contributed by atoms with Crippen LogP contribution in [0.15, 0.2) is 34.9 Å².